The number of fused-ring (bicyclic) bond motifs is 1. The molecule has 0 amide bonds. The first-order chi connectivity index (χ1) is 9.85. The molecule has 0 aromatic carbocycles. The van der Waals surface area contributed by atoms with E-state index in [1.165, 1.54) is 51.9 Å². The van der Waals surface area contributed by atoms with Gasteiger partial charge in [0.05, 0.1) is 12.7 Å². The van der Waals surface area contributed by atoms with E-state index in [1.54, 1.807) is 0 Å². The molecule has 0 radical (unpaired) electrons. The van der Waals surface area contributed by atoms with Crippen LogP contribution < -0.4 is 0 Å². The normalized spacial score (nSPS) is 34.6. The number of likely N-dealkylation sites (N-methyl/N-ethyl adjacent to an activating group) is 1. The first kappa shape index (κ1) is 14.8. The summed E-state index contributed by atoms with van der Waals surface area (Å²) < 4.78 is 5.99. The Balaban J connectivity index is 1.51. The highest BCUT2D eigenvalue weighted by molar-refractivity contribution is 4.85. The van der Waals surface area contributed by atoms with Crippen molar-refractivity contribution in [3.63, 3.8) is 0 Å². The molecule has 3 aliphatic rings. The predicted octanol–water partition coefficient (Wildman–Crippen LogP) is 1.27. The third-order valence-electron chi connectivity index (χ3n) is 5.27. The number of rotatable bonds is 3. The van der Waals surface area contributed by atoms with Crippen LogP contribution in [0.1, 0.15) is 32.6 Å². The van der Waals surface area contributed by atoms with E-state index in [4.69, 9.17) is 4.74 Å². The Bertz CT molecular complexity index is 299. The molecule has 3 fully saturated rings. The molecule has 2 unspecified atom stereocenters. The lowest BCUT2D eigenvalue weighted by Gasteiger charge is -2.38. The van der Waals surface area contributed by atoms with Crippen molar-refractivity contribution < 1.29 is 4.74 Å². The lowest BCUT2D eigenvalue weighted by molar-refractivity contribution is -0.0429. The Morgan fingerprint density at radius 1 is 0.950 bits per heavy atom. The molecular weight excluding hydrogens is 250 g/mol. The van der Waals surface area contributed by atoms with Gasteiger partial charge in [-0.1, -0.05) is 13.3 Å². The summed E-state index contributed by atoms with van der Waals surface area (Å²) >= 11 is 0. The number of hydrogen-bond acceptors (Lipinski definition) is 4. The summed E-state index contributed by atoms with van der Waals surface area (Å²) in [7, 11) is 0. The van der Waals surface area contributed by atoms with Crippen LogP contribution in [0.5, 0.6) is 0 Å². The third-order valence-corrected chi connectivity index (χ3v) is 5.27. The van der Waals surface area contributed by atoms with Crippen molar-refractivity contribution in [3.05, 3.63) is 0 Å². The minimum Gasteiger partial charge on any atom is -0.374 e. The molecule has 116 valence electrons. The summed E-state index contributed by atoms with van der Waals surface area (Å²) in [6.45, 7) is 12.9. The maximum Gasteiger partial charge on any atom is 0.0829 e. The summed E-state index contributed by atoms with van der Waals surface area (Å²) in [5.74, 6) is 0. The van der Waals surface area contributed by atoms with Gasteiger partial charge in [-0.2, -0.15) is 0 Å². The fraction of sp³-hybridized carbons (Fsp3) is 1.00. The SMILES string of the molecule is CCN1CCOC(CN2CCCN3CCCCC3C2)C1. The minimum atomic E-state index is 0.429. The first-order valence-electron chi connectivity index (χ1n) is 8.65. The fourth-order valence-electron chi connectivity index (χ4n) is 4.08. The molecule has 20 heavy (non-hydrogen) atoms. The first-order valence-corrected chi connectivity index (χ1v) is 8.65. The predicted molar refractivity (Wildman–Crippen MR) is 82.1 cm³/mol. The van der Waals surface area contributed by atoms with Gasteiger partial charge < -0.3 is 4.74 Å². The highest BCUT2D eigenvalue weighted by Crippen LogP contribution is 2.21. The smallest absolute Gasteiger partial charge is 0.0829 e. The zero-order valence-corrected chi connectivity index (χ0v) is 13.1. The maximum atomic E-state index is 5.99. The van der Waals surface area contributed by atoms with Gasteiger partial charge in [-0.05, 0) is 45.4 Å². The molecule has 0 aromatic heterocycles. The molecule has 2 atom stereocenters. The second kappa shape index (κ2) is 7.21. The van der Waals surface area contributed by atoms with E-state index in [0.717, 1.165) is 38.8 Å². The van der Waals surface area contributed by atoms with Crippen LogP contribution in [-0.2, 0) is 4.74 Å². The molecule has 3 heterocycles. The summed E-state index contributed by atoms with van der Waals surface area (Å²) in [5, 5.41) is 0. The molecule has 0 bridgehead atoms. The standard InChI is InChI=1S/C16H31N3O/c1-2-17-10-11-20-16(13-17)14-18-7-5-9-19-8-4-3-6-15(19)12-18/h15-16H,2-14H2,1H3. The molecule has 3 rings (SSSR count). The number of hydrogen-bond donors (Lipinski definition) is 0. The molecule has 0 N–H and O–H groups in total. The van der Waals surface area contributed by atoms with Gasteiger partial charge in [0.2, 0.25) is 0 Å². The second-order valence-electron chi connectivity index (χ2n) is 6.68. The van der Waals surface area contributed by atoms with Gasteiger partial charge >= 0.3 is 0 Å². The molecule has 0 spiro atoms. The Morgan fingerprint density at radius 2 is 1.85 bits per heavy atom. The molecule has 3 aliphatic heterocycles. The van der Waals surface area contributed by atoms with Gasteiger partial charge in [0.15, 0.2) is 0 Å². The summed E-state index contributed by atoms with van der Waals surface area (Å²) in [6.07, 6.45) is 6.01. The van der Waals surface area contributed by atoms with Gasteiger partial charge in [-0.25, -0.2) is 0 Å². The number of ether oxygens (including phenoxy) is 1. The van der Waals surface area contributed by atoms with Crippen molar-refractivity contribution in [3.8, 4) is 0 Å². The Kier molecular flexibility index (Phi) is 5.32. The summed E-state index contributed by atoms with van der Waals surface area (Å²) in [6, 6.07) is 0.817. The number of morpholine rings is 1. The quantitative estimate of drug-likeness (QED) is 0.775. The topological polar surface area (TPSA) is 19.0 Å². The highest BCUT2D eigenvalue weighted by atomic mass is 16.5. The van der Waals surface area contributed by atoms with Gasteiger partial charge in [-0.3, -0.25) is 14.7 Å². The van der Waals surface area contributed by atoms with E-state index in [2.05, 4.69) is 21.6 Å². The third kappa shape index (κ3) is 3.73. The van der Waals surface area contributed by atoms with E-state index >= 15 is 0 Å². The molecular formula is C16H31N3O. The van der Waals surface area contributed by atoms with Crippen LogP contribution in [0.15, 0.2) is 0 Å². The largest absolute Gasteiger partial charge is 0.374 e. The highest BCUT2D eigenvalue weighted by Gasteiger charge is 2.29. The average molecular weight is 281 g/mol. The Morgan fingerprint density at radius 3 is 2.75 bits per heavy atom. The van der Waals surface area contributed by atoms with E-state index in [0.29, 0.717) is 6.10 Å². The van der Waals surface area contributed by atoms with Crippen molar-refractivity contribution in [2.75, 3.05) is 59.0 Å². The number of nitrogens with zero attached hydrogens (tertiary/aromatic N) is 3. The van der Waals surface area contributed by atoms with E-state index in [-0.39, 0.29) is 0 Å². The van der Waals surface area contributed by atoms with Gasteiger partial charge in [0.25, 0.3) is 0 Å². The Hall–Kier alpha value is -0.160. The van der Waals surface area contributed by atoms with Crippen LogP contribution in [0.4, 0.5) is 0 Å². The number of piperidine rings is 1. The van der Waals surface area contributed by atoms with Crippen molar-refractivity contribution in [2.24, 2.45) is 0 Å². The second-order valence-corrected chi connectivity index (χ2v) is 6.68. The molecule has 0 aromatic rings. The molecule has 0 saturated carbocycles. The van der Waals surface area contributed by atoms with Crippen LogP contribution in [0, 0.1) is 0 Å². The van der Waals surface area contributed by atoms with Crippen LogP contribution in [0.3, 0.4) is 0 Å². The van der Waals surface area contributed by atoms with Crippen molar-refractivity contribution in [2.45, 2.75) is 44.8 Å². The zero-order valence-electron chi connectivity index (χ0n) is 13.1. The molecule has 4 heteroatoms. The summed E-state index contributed by atoms with van der Waals surface area (Å²) in [5.41, 5.74) is 0. The summed E-state index contributed by atoms with van der Waals surface area (Å²) in [4.78, 5) is 7.95. The maximum absolute atomic E-state index is 5.99. The van der Waals surface area contributed by atoms with Gasteiger partial charge in [0, 0.05) is 32.2 Å². The van der Waals surface area contributed by atoms with Crippen LogP contribution in [0.2, 0.25) is 0 Å². The van der Waals surface area contributed by atoms with Crippen LogP contribution >= 0.6 is 0 Å². The zero-order chi connectivity index (χ0) is 13.8. The van der Waals surface area contributed by atoms with E-state index in [1.807, 2.05) is 0 Å². The van der Waals surface area contributed by atoms with Crippen molar-refractivity contribution in [1.29, 1.82) is 0 Å². The lowest BCUT2D eigenvalue weighted by Crippen LogP contribution is -2.49. The van der Waals surface area contributed by atoms with Crippen molar-refractivity contribution in [1.82, 2.24) is 14.7 Å². The van der Waals surface area contributed by atoms with Crippen molar-refractivity contribution >= 4 is 0 Å². The molecule has 4 nitrogen and oxygen atoms in total. The van der Waals surface area contributed by atoms with Gasteiger partial charge in [0.1, 0.15) is 0 Å². The monoisotopic (exact) mass is 281 g/mol. The van der Waals surface area contributed by atoms with E-state index in [9.17, 15) is 0 Å². The fourth-order valence-corrected chi connectivity index (χ4v) is 4.08. The van der Waals surface area contributed by atoms with Crippen LogP contribution in [0.25, 0.3) is 0 Å². The molecule has 0 aliphatic carbocycles. The van der Waals surface area contributed by atoms with E-state index < -0.39 is 0 Å². The average Bonchev–Trinajstić information content (AvgIpc) is 2.69. The minimum absolute atomic E-state index is 0.429. The van der Waals surface area contributed by atoms with Gasteiger partial charge in [-0.15, -0.1) is 0 Å². The molecule has 3 saturated heterocycles. The Labute approximate surface area is 124 Å². The lowest BCUT2D eigenvalue weighted by atomic mass is 10.0. The van der Waals surface area contributed by atoms with Crippen LogP contribution in [-0.4, -0.2) is 85.8 Å².